The van der Waals surface area contributed by atoms with E-state index < -0.39 is 0 Å². The van der Waals surface area contributed by atoms with Crippen LogP contribution in [-0.2, 0) is 19.4 Å². The van der Waals surface area contributed by atoms with E-state index in [1.807, 2.05) is 12.1 Å². The molecule has 0 aliphatic carbocycles. The first kappa shape index (κ1) is 17.6. The van der Waals surface area contributed by atoms with Crippen molar-refractivity contribution in [3.63, 3.8) is 0 Å². The number of nitrogens with zero attached hydrogens (tertiary/aromatic N) is 2. The van der Waals surface area contributed by atoms with Crippen LogP contribution in [0.2, 0.25) is 0 Å². The molecule has 0 fully saturated rings. The number of H-pyrrole nitrogens is 2. The highest BCUT2D eigenvalue weighted by atomic mass is 19.1. The molecule has 1 aliphatic heterocycles. The number of hydrogen-bond donors (Lipinski definition) is 1. The highest BCUT2D eigenvalue weighted by molar-refractivity contribution is 5.67. The summed E-state index contributed by atoms with van der Waals surface area (Å²) < 4.78 is 13.1. The molecule has 0 saturated heterocycles. The first-order valence-electron chi connectivity index (χ1n) is 9.67. The molecule has 0 amide bonds. The molecule has 2 aromatic carbocycles. The van der Waals surface area contributed by atoms with Crippen LogP contribution in [0.3, 0.4) is 0 Å². The van der Waals surface area contributed by atoms with Crippen LogP contribution in [0.15, 0.2) is 65.5 Å². The van der Waals surface area contributed by atoms with Crippen molar-refractivity contribution in [2.75, 3.05) is 11.4 Å². The standard InChI is InChI=1S/C23H19FN4O/c24-18-7-5-15(6-8-18)13-20-23(29)26-19-9-10-21(27-22(19)25-20)28-12-11-16-3-1-2-4-17(16)14-28/h1-10H,11-14H2,(H,26,29)/p+1. The molecule has 0 atom stereocenters. The summed E-state index contributed by atoms with van der Waals surface area (Å²) in [5, 5.41) is 0. The van der Waals surface area contributed by atoms with Gasteiger partial charge in [0.25, 0.3) is 11.2 Å². The van der Waals surface area contributed by atoms with E-state index in [1.165, 1.54) is 23.3 Å². The molecular weight excluding hydrogens is 367 g/mol. The quantitative estimate of drug-likeness (QED) is 0.588. The summed E-state index contributed by atoms with van der Waals surface area (Å²) in [6, 6.07) is 18.5. The van der Waals surface area contributed by atoms with Crippen LogP contribution < -0.4 is 15.4 Å². The highest BCUT2D eigenvalue weighted by Crippen LogP contribution is 2.22. The molecule has 6 heteroatoms. The van der Waals surface area contributed by atoms with Gasteiger partial charge in [0.1, 0.15) is 11.3 Å². The average Bonchev–Trinajstić information content (AvgIpc) is 2.75. The number of anilines is 1. The van der Waals surface area contributed by atoms with Crippen LogP contribution in [0.4, 0.5) is 10.2 Å². The molecule has 0 radical (unpaired) electrons. The number of rotatable bonds is 3. The average molecular weight is 387 g/mol. The van der Waals surface area contributed by atoms with Gasteiger partial charge in [-0.15, -0.1) is 4.98 Å². The normalized spacial score (nSPS) is 13.5. The molecule has 5 rings (SSSR count). The maximum Gasteiger partial charge on any atom is 0.287 e. The van der Waals surface area contributed by atoms with E-state index in [1.54, 1.807) is 12.1 Å². The Morgan fingerprint density at radius 2 is 1.83 bits per heavy atom. The van der Waals surface area contributed by atoms with E-state index in [9.17, 15) is 9.18 Å². The minimum absolute atomic E-state index is 0.227. The van der Waals surface area contributed by atoms with Crippen LogP contribution >= 0.6 is 0 Å². The molecule has 144 valence electrons. The molecule has 1 aliphatic rings. The summed E-state index contributed by atoms with van der Waals surface area (Å²) in [7, 11) is 0. The second kappa shape index (κ2) is 7.13. The molecule has 3 heterocycles. The Morgan fingerprint density at radius 1 is 1.03 bits per heavy atom. The van der Waals surface area contributed by atoms with Gasteiger partial charge in [-0.25, -0.2) is 9.37 Å². The van der Waals surface area contributed by atoms with Crippen LogP contribution in [0.5, 0.6) is 0 Å². The fourth-order valence-corrected chi connectivity index (χ4v) is 3.84. The van der Waals surface area contributed by atoms with Crippen molar-refractivity contribution in [2.24, 2.45) is 0 Å². The lowest BCUT2D eigenvalue weighted by Crippen LogP contribution is -2.35. The Kier molecular flexibility index (Phi) is 4.31. The van der Waals surface area contributed by atoms with Crippen molar-refractivity contribution in [3.8, 4) is 0 Å². The predicted molar refractivity (Wildman–Crippen MR) is 109 cm³/mol. The molecule has 0 spiro atoms. The van der Waals surface area contributed by atoms with Crippen LogP contribution in [0.25, 0.3) is 11.2 Å². The fourth-order valence-electron chi connectivity index (χ4n) is 3.84. The SMILES string of the molecule is O=c1[nH]c2ccc(N3CCc4ccccc4C3)[nH+]c2nc1Cc1ccc(F)cc1. The van der Waals surface area contributed by atoms with Crippen LogP contribution in [0.1, 0.15) is 22.4 Å². The number of pyridine rings is 1. The zero-order chi connectivity index (χ0) is 19.8. The van der Waals surface area contributed by atoms with Gasteiger partial charge in [-0.1, -0.05) is 36.4 Å². The van der Waals surface area contributed by atoms with Crippen molar-refractivity contribution in [1.82, 2.24) is 9.97 Å². The van der Waals surface area contributed by atoms with Gasteiger partial charge in [0, 0.05) is 18.9 Å². The van der Waals surface area contributed by atoms with E-state index in [2.05, 4.69) is 44.1 Å². The van der Waals surface area contributed by atoms with Gasteiger partial charge in [-0.2, -0.15) is 0 Å². The van der Waals surface area contributed by atoms with Crippen molar-refractivity contribution < 1.29 is 9.37 Å². The minimum atomic E-state index is -0.296. The molecule has 0 unspecified atom stereocenters. The number of halogens is 1. The fraction of sp³-hybridized carbons (Fsp3) is 0.174. The van der Waals surface area contributed by atoms with Gasteiger partial charge >= 0.3 is 0 Å². The number of fused-ring (bicyclic) bond motifs is 2. The predicted octanol–water partition coefficient (Wildman–Crippen LogP) is 3.03. The zero-order valence-electron chi connectivity index (χ0n) is 15.8. The second-order valence-electron chi connectivity index (χ2n) is 7.36. The highest BCUT2D eigenvalue weighted by Gasteiger charge is 2.22. The third kappa shape index (κ3) is 3.49. The molecule has 2 N–H and O–H groups in total. The zero-order valence-corrected chi connectivity index (χ0v) is 15.8. The van der Waals surface area contributed by atoms with Gasteiger partial charge in [0.05, 0.1) is 13.1 Å². The third-order valence-corrected chi connectivity index (χ3v) is 5.42. The van der Waals surface area contributed by atoms with E-state index in [4.69, 9.17) is 0 Å². The van der Waals surface area contributed by atoms with Crippen molar-refractivity contribution in [2.45, 2.75) is 19.4 Å². The lowest BCUT2D eigenvalue weighted by molar-refractivity contribution is -0.334. The number of aromatic nitrogens is 3. The Balaban J connectivity index is 1.47. The van der Waals surface area contributed by atoms with Gasteiger partial charge in [0.2, 0.25) is 5.82 Å². The smallest absolute Gasteiger partial charge is 0.287 e. The first-order valence-corrected chi connectivity index (χ1v) is 9.67. The van der Waals surface area contributed by atoms with E-state index in [-0.39, 0.29) is 11.4 Å². The van der Waals surface area contributed by atoms with Gasteiger partial charge in [0.15, 0.2) is 5.69 Å². The van der Waals surface area contributed by atoms with E-state index in [0.29, 0.717) is 23.3 Å². The lowest BCUT2D eigenvalue weighted by atomic mass is 10.00. The summed E-state index contributed by atoms with van der Waals surface area (Å²) in [6.07, 6.45) is 1.34. The summed E-state index contributed by atoms with van der Waals surface area (Å²) in [5.41, 5.74) is 5.05. The molecule has 29 heavy (non-hydrogen) atoms. The summed E-state index contributed by atoms with van der Waals surface area (Å²) >= 11 is 0. The number of hydrogen-bond acceptors (Lipinski definition) is 3. The molecule has 5 nitrogen and oxygen atoms in total. The number of benzene rings is 2. The van der Waals surface area contributed by atoms with Crippen molar-refractivity contribution in [3.05, 3.63) is 99.2 Å². The van der Waals surface area contributed by atoms with Gasteiger partial charge < -0.3 is 4.98 Å². The minimum Gasteiger partial charge on any atom is -0.314 e. The summed E-state index contributed by atoms with van der Waals surface area (Å²) in [5.74, 6) is 0.675. The Labute approximate surface area is 166 Å². The molecule has 2 aromatic heterocycles. The molecule has 4 aromatic rings. The largest absolute Gasteiger partial charge is 0.314 e. The Bertz CT molecular complexity index is 1250. The second-order valence-corrected chi connectivity index (χ2v) is 7.36. The van der Waals surface area contributed by atoms with Gasteiger partial charge in [-0.05, 0) is 34.9 Å². The summed E-state index contributed by atoms with van der Waals surface area (Å²) in [4.78, 5) is 25.5. The maximum atomic E-state index is 13.1. The Morgan fingerprint density at radius 3 is 2.66 bits per heavy atom. The number of nitrogens with one attached hydrogen (secondary N) is 2. The van der Waals surface area contributed by atoms with Gasteiger partial charge in [-0.3, -0.25) is 9.69 Å². The van der Waals surface area contributed by atoms with Crippen LogP contribution in [0, 0.1) is 5.82 Å². The maximum absolute atomic E-state index is 13.1. The lowest BCUT2D eigenvalue weighted by Gasteiger charge is -2.25. The monoisotopic (exact) mass is 387 g/mol. The Hall–Kier alpha value is -3.54. The van der Waals surface area contributed by atoms with Crippen molar-refractivity contribution in [1.29, 1.82) is 0 Å². The summed E-state index contributed by atoms with van der Waals surface area (Å²) in [6.45, 7) is 1.76. The van der Waals surface area contributed by atoms with E-state index in [0.717, 1.165) is 30.9 Å². The van der Waals surface area contributed by atoms with Crippen molar-refractivity contribution >= 4 is 17.0 Å². The molecule has 0 bridgehead atoms. The van der Waals surface area contributed by atoms with E-state index >= 15 is 0 Å². The van der Waals surface area contributed by atoms with Crippen LogP contribution in [-0.4, -0.2) is 16.5 Å². The molecular formula is C23H20FN4O+. The third-order valence-electron chi connectivity index (χ3n) is 5.42. The molecule has 0 saturated carbocycles. The topological polar surface area (TPSA) is 63.1 Å². The number of aromatic amines is 2. The first-order chi connectivity index (χ1) is 14.2.